The molecule has 3 heterocycles. The summed E-state index contributed by atoms with van der Waals surface area (Å²) in [5, 5.41) is 0.0166. The van der Waals surface area contributed by atoms with Gasteiger partial charge in [-0.3, -0.25) is 0 Å². The van der Waals surface area contributed by atoms with Crippen molar-refractivity contribution in [3.8, 4) is 0 Å². The summed E-state index contributed by atoms with van der Waals surface area (Å²) in [5.74, 6) is -0.664. The predicted octanol–water partition coefficient (Wildman–Crippen LogP) is 10.9. The van der Waals surface area contributed by atoms with E-state index in [0.29, 0.717) is 13.0 Å². The number of esters is 1. The maximum atomic E-state index is 12.9. The Labute approximate surface area is 331 Å². The molecule has 0 N–H and O–H groups in total. The molecule has 0 saturated carbocycles. The first-order chi connectivity index (χ1) is 24.8. The molecule has 312 valence electrons. The summed E-state index contributed by atoms with van der Waals surface area (Å²) in [6.07, 6.45) is 9.81. The molecule has 1 unspecified atom stereocenters. The fourth-order valence-corrected chi connectivity index (χ4v) is 26.9. The summed E-state index contributed by atoms with van der Waals surface area (Å²) in [6.45, 7) is 30.4. The monoisotopic (exact) mass is 876 g/mol. The normalized spacial score (nSPS) is 30.6. The first-order valence-corrected chi connectivity index (χ1v) is 32.7. The van der Waals surface area contributed by atoms with E-state index in [1.165, 1.54) is 56.3 Å². The minimum absolute atomic E-state index is 0.0166. The number of methoxy groups -OCH3 is 1. The zero-order valence-corrected chi connectivity index (χ0v) is 40.8. The number of carbonyl (C=O) groups excluding carboxylic acids is 1. The summed E-state index contributed by atoms with van der Waals surface area (Å²) in [4.78, 5) is 12.9. The van der Waals surface area contributed by atoms with Gasteiger partial charge in [0, 0.05) is 0 Å². The first-order valence-electron chi connectivity index (χ1n) is 21.7. The average molecular weight is 876 g/mol. The van der Waals surface area contributed by atoms with Crippen LogP contribution in [0.15, 0.2) is 0 Å². The van der Waals surface area contributed by atoms with Gasteiger partial charge in [-0.15, -0.1) is 0 Å². The Hall–Kier alpha value is 0.246. The molecule has 0 aromatic heterocycles. The van der Waals surface area contributed by atoms with Crippen molar-refractivity contribution < 1.29 is 37.6 Å². The Morgan fingerprint density at radius 3 is 2.04 bits per heavy atom. The fraction of sp³-hybridized carbons (Fsp3) is 0.977. The second-order valence-electron chi connectivity index (χ2n) is 19.7. The van der Waals surface area contributed by atoms with Gasteiger partial charge < -0.3 is 0 Å². The van der Waals surface area contributed by atoms with Crippen LogP contribution in [0.4, 0.5) is 0 Å². The first kappa shape index (κ1) is 47.6. The van der Waals surface area contributed by atoms with Crippen LogP contribution in [0.25, 0.3) is 0 Å². The molecule has 8 nitrogen and oxygen atoms in total. The molecule has 3 aliphatic rings. The number of unbranched alkanes of at least 4 members (excludes halogenated alkanes) is 3. The molecule has 1 spiro atoms. The van der Waals surface area contributed by atoms with Crippen molar-refractivity contribution in [2.45, 2.75) is 219 Å². The quantitative estimate of drug-likeness (QED) is 0.0884. The SMILES string of the molecule is CCC[CH2][Sn]([CH2]CCC)([CH2]CCC)[CH2]C(CO[C@@H]1[C@@H](C)[C@H](O[Si](C)(C)C(C)(C)C)[C@@H]2O[C@]3(CCCO3)[C@@H](C)C[C@H]2O[C@H]1CCOC(=O)C(C)(C)C)OC. The van der Waals surface area contributed by atoms with E-state index in [1.54, 1.807) is 0 Å². The maximum absolute atomic E-state index is 12.9. The number of hydrogen-bond donors (Lipinski definition) is 0. The Morgan fingerprint density at radius 1 is 0.943 bits per heavy atom. The van der Waals surface area contributed by atoms with Crippen molar-refractivity contribution in [2.24, 2.45) is 17.3 Å². The summed E-state index contributed by atoms with van der Waals surface area (Å²) in [6, 6.07) is 0. The van der Waals surface area contributed by atoms with Crippen LogP contribution < -0.4 is 0 Å². The van der Waals surface area contributed by atoms with E-state index in [0.717, 1.165) is 25.9 Å². The number of carbonyl (C=O) groups is 1. The van der Waals surface area contributed by atoms with E-state index >= 15 is 0 Å². The van der Waals surface area contributed by atoms with Crippen LogP contribution in [-0.2, 0) is 37.6 Å². The molecular weight excluding hydrogens is 791 g/mol. The van der Waals surface area contributed by atoms with Crippen molar-refractivity contribution in [1.29, 1.82) is 0 Å². The molecule has 3 fully saturated rings. The zero-order valence-electron chi connectivity index (χ0n) is 36.9. The molecule has 3 aliphatic heterocycles. The van der Waals surface area contributed by atoms with Gasteiger partial charge in [-0.25, -0.2) is 0 Å². The van der Waals surface area contributed by atoms with Crippen molar-refractivity contribution >= 4 is 32.7 Å². The van der Waals surface area contributed by atoms with Crippen LogP contribution in [0.5, 0.6) is 0 Å². The predicted molar refractivity (Wildman–Crippen MR) is 222 cm³/mol. The van der Waals surface area contributed by atoms with Crippen molar-refractivity contribution in [2.75, 3.05) is 26.9 Å². The van der Waals surface area contributed by atoms with Gasteiger partial charge in [-0.05, 0) is 0 Å². The van der Waals surface area contributed by atoms with Crippen LogP contribution in [0, 0.1) is 17.3 Å². The second-order valence-corrected chi connectivity index (χ2v) is 38.5. The van der Waals surface area contributed by atoms with Crippen LogP contribution in [-0.4, -0.2) is 102 Å². The summed E-state index contributed by atoms with van der Waals surface area (Å²) < 4.78 is 53.3. The van der Waals surface area contributed by atoms with Gasteiger partial charge >= 0.3 is 333 Å². The Balaban J connectivity index is 2.01. The number of fused-ring (bicyclic) bond motifs is 1. The topological polar surface area (TPSA) is 81.7 Å². The fourth-order valence-electron chi connectivity index (χ4n) is 8.66. The van der Waals surface area contributed by atoms with Crippen LogP contribution >= 0.6 is 0 Å². The molecule has 9 atom stereocenters. The summed E-state index contributed by atoms with van der Waals surface area (Å²) in [5.41, 5.74) is -0.569. The number of ether oxygens (including phenoxy) is 6. The molecule has 0 aliphatic carbocycles. The van der Waals surface area contributed by atoms with Gasteiger partial charge in [-0.2, -0.15) is 0 Å². The molecule has 3 rings (SSSR count). The van der Waals surface area contributed by atoms with Gasteiger partial charge in [0.25, 0.3) is 0 Å². The zero-order chi connectivity index (χ0) is 39.7. The third-order valence-corrected chi connectivity index (χ3v) is 33.6. The minimum atomic E-state index is -2.53. The molecule has 0 bridgehead atoms. The standard InChI is InChI=1S/C31H57O8Si.3C4H9.Sn/c1-20-18-24-27(38-31(20)15-13-16-36-31)26(39-40(11,12)30(7,8)9)22(3)25(35-19-21(2)33-10)23(37-24)14-17-34-28(32)29(4,5)6;3*1-3-4-2;/h20-27H,2,13-19H2,1,3-12H3;3*1,3-4H2,2H3;/t20-,21?,22+,23-,24+,25+,26-,27+,31+;;;;/m0..../s1. The average Bonchev–Trinajstić information content (AvgIpc) is 3.53. The molecule has 0 aromatic carbocycles. The van der Waals surface area contributed by atoms with Gasteiger partial charge in [0.2, 0.25) is 0 Å². The van der Waals surface area contributed by atoms with E-state index in [1.807, 2.05) is 27.9 Å². The summed E-state index contributed by atoms with van der Waals surface area (Å²) in [7, 11) is -0.370. The number of hydrogen-bond acceptors (Lipinski definition) is 8. The molecule has 10 heteroatoms. The summed E-state index contributed by atoms with van der Waals surface area (Å²) >= 11 is -2.53. The van der Waals surface area contributed by atoms with Crippen molar-refractivity contribution in [3.05, 3.63) is 0 Å². The van der Waals surface area contributed by atoms with E-state index in [2.05, 4.69) is 68.5 Å². The van der Waals surface area contributed by atoms with Gasteiger partial charge in [0.05, 0.1) is 0 Å². The van der Waals surface area contributed by atoms with Crippen LogP contribution in [0.2, 0.25) is 35.9 Å². The van der Waals surface area contributed by atoms with Gasteiger partial charge in [-0.1, -0.05) is 0 Å². The number of rotatable bonds is 20. The third-order valence-electron chi connectivity index (χ3n) is 13.3. The van der Waals surface area contributed by atoms with Gasteiger partial charge in [0.15, 0.2) is 0 Å². The van der Waals surface area contributed by atoms with E-state index in [4.69, 9.17) is 32.8 Å². The third kappa shape index (κ3) is 12.9. The van der Waals surface area contributed by atoms with E-state index in [-0.39, 0.29) is 66.1 Å². The molecule has 53 heavy (non-hydrogen) atoms. The van der Waals surface area contributed by atoms with Crippen LogP contribution in [0.1, 0.15) is 140 Å². The second kappa shape index (κ2) is 20.8. The Bertz CT molecular complexity index is 1060. The molecule has 3 saturated heterocycles. The van der Waals surface area contributed by atoms with Crippen molar-refractivity contribution in [3.63, 3.8) is 0 Å². The molecule has 0 amide bonds. The van der Waals surface area contributed by atoms with E-state index < -0.39 is 37.9 Å². The van der Waals surface area contributed by atoms with Crippen molar-refractivity contribution in [1.82, 2.24) is 0 Å². The van der Waals surface area contributed by atoms with Crippen LogP contribution in [0.3, 0.4) is 0 Å². The molecular formula is C43H84O8SiSn. The Kier molecular flexibility index (Phi) is 18.7. The van der Waals surface area contributed by atoms with Gasteiger partial charge in [0.1, 0.15) is 0 Å². The molecule has 0 aromatic rings. The molecule has 0 radical (unpaired) electrons. The Morgan fingerprint density at radius 2 is 1.55 bits per heavy atom. The van der Waals surface area contributed by atoms with E-state index in [9.17, 15) is 4.79 Å².